The van der Waals surface area contributed by atoms with Crippen molar-refractivity contribution in [2.45, 2.75) is 6.92 Å². The number of halogens is 1. The van der Waals surface area contributed by atoms with Crippen molar-refractivity contribution in [3.8, 4) is 5.75 Å². The molecule has 0 radical (unpaired) electrons. The fourth-order valence-electron chi connectivity index (χ4n) is 3.18. The first kappa shape index (κ1) is 23.3. The largest absolute Gasteiger partial charge is 0.492 e. The molecule has 0 aliphatic rings. The molecule has 0 aliphatic carbocycles. The molecule has 0 unspecified atom stereocenters. The van der Waals surface area contributed by atoms with Gasteiger partial charge in [-0.25, -0.2) is 0 Å². The molecule has 1 heterocycles. The van der Waals surface area contributed by atoms with Crippen LogP contribution in [0.5, 0.6) is 5.75 Å². The van der Waals surface area contributed by atoms with Crippen LogP contribution in [0.3, 0.4) is 0 Å². The number of carbonyl (C=O) groups is 2. The molecule has 4 aromatic rings. The average Bonchev–Trinajstić information content (AvgIpc) is 3.26. The summed E-state index contributed by atoms with van der Waals surface area (Å²) in [5, 5.41) is 9.64. The highest BCUT2D eigenvalue weighted by Crippen LogP contribution is 2.25. The van der Waals surface area contributed by atoms with E-state index in [0.29, 0.717) is 39.9 Å². The van der Waals surface area contributed by atoms with Crippen molar-refractivity contribution < 1.29 is 18.7 Å². The van der Waals surface area contributed by atoms with Crippen LogP contribution in [-0.4, -0.2) is 23.5 Å². The minimum absolute atomic E-state index is 0.120. The van der Waals surface area contributed by atoms with Crippen LogP contribution in [0.25, 0.3) is 11.0 Å². The van der Waals surface area contributed by atoms with Crippen LogP contribution < -0.4 is 20.7 Å². The lowest BCUT2D eigenvalue weighted by Crippen LogP contribution is -2.34. The van der Waals surface area contributed by atoms with Gasteiger partial charge in [-0.1, -0.05) is 29.8 Å². The number of ether oxygens (including phenoxy) is 1. The van der Waals surface area contributed by atoms with Gasteiger partial charge in [0.25, 0.3) is 11.8 Å². The first-order chi connectivity index (χ1) is 16.4. The smallest absolute Gasteiger partial charge is 0.291 e. The van der Waals surface area contributed by atoms with E-state index < -0.39 is 5.91 Å². The number of furan rings is 1. The summed E-state index contributed by atoms with van der Waals surface area (Å²) in [6, 6.07) is 20.7. The topological polar surface area (TPSA) is 92.6 Å². The van der Waals surface area contributed by atoms with E-state index in [0.717, 1.165) is 5.39 Å². The summed E-state index contributed by atoms with van der Waals surface area (Å²) in [6.07, 6.45) is 0. The monoisotopic (exact) mass is 493 g/mol. The summed E-state index contributed by atoms with van der Waals surface area (Å²) in [5.41, 5.74) is 2.21. The minimum atomic E-state index is -0.405. The zero-order valence-corrected chi connectivity index (χ0v) is 19.6. The van der Waals surface area contributed by atoms with Gasteiger partial charge in [0, 0.05) is 22.3 Å². The molecule has 9 heteroatoms. The molecule has 4 rings (SSSR count). The molecule has 0 bridgehead atoms. The molecule has 3 N–H and O–H groups in total. The Bertz CT molecular complexity index is 1340. The zero-order valence-electron chi connectivity index (χ0n) is 18.1. The zero-order chi connectivity index (χ0) is 24.1. The van der Waals surface area contributed by atoms with Crippen molar-refractivity contribution in [3.63, 3.8) is 0 Å². The van der Waals surface area contributed by atoms with Crippen LogP contribution in [0.2, 0.25) is 5.02 Å². The highest BCUT2D eigenvalue weighted by Gasteiger charge is 2.13. The van der Waals surface area contributed by atoms with Crippen molar-refractivity contribution in [2.75, 3.05) is 17.2 Å². The summed E-state index contributed by atoms with van der Waals surface area (Å²) >= 11 is 11.4. The van der Waals surface area contributed by atoms with Crippen molar-refractivity contribution in [1.82, 2.24) is 5.32 Å². The molecule has 0 spiro atoms. The van der Waals surface area contributed by atoms with E-state index >= 15 is 0 Å². The summed E-state index contributed by atoms with van der Waals surface area (Å²) < 4.78 is 11.0. The maximum absolute atomic E-state index is 12.5. The molecule has 7 nitrogen and oxygen atoms in total. The summed E-state index contributed by atoms with van der Waals surface area (Å²) in [7, 11) is 0. The Kier molecular flexibility index (Phi) is 7.10. The third-order valence-electron chi connectivity index (χ3n) is 4.77. The van der Waals surface area contributed by atoms with Gasteiger partial charge in [0.1, 0.15) is 11.3 Å². The van der Waals surface area contributed by atoms with E-state index in [-0.39, 0.29) is 16.8 Å². The van der Waals surface area contributed by atoms with Crippen LogP contribution >= 0.6 is 23.8 Å². The Hall–Kier alpha value is -3.88. The third-order valence-corrected chi connectivity index (χ3v) is 5.27. The van der Waals surface area contributed by atoms with Crippen molar-refractivity contribution >= 4 is 63.1 Å². The van der Waals surface area contributed by atoms with Gasteiger partial charge in [-0.3, -0.25) is 14.9 Å². The van der Waals surface area contributed by atoms with E-state index in [1.165, 1.54) is 6.07 Å². The second-order valence-corrected chi connectivity index (χ2v) is 7.98. The second-order valence-electron chi connectivity index (χ2n) is 7.17. The predicted octanol–water partition coefficient (Wildman–Crippen LogP) is 5.86. The van der Waals surface area contributed by atoms with Gasteiger partial charge >= 0.3 is 0 Å². The molecule has 0 aliphatic heterocycles. The highest BCUT2D eigenvalue weighted by atomic mass is 35.5. The van der Waals surface area contributed by atoms with Crippen LogP contribution in [0.4, 0.5) is 11.4 Å². The number of hydrogen-bond donors (Lipinski definition) is 3. The molecule has 1 aromatic heterocycles. The Morgan fingerprint density at radius 3 is 2.32 bits per heavy atom. The molecule has 0 fully saturated rings. The predicted molar refractivity (Wildman–Crippen MR) is 137 cm³/mol. The first-order valence-electron chi connectivity index (χ1n) is 10.4. The Morgan fingerprint density at radius 1 is 0.941 bits per heavy atom. The lowest BCUT2D eigenvalue weighted by molar-refractivity contribution is 0.0975. The molecular formula is C25H20ClN3O4S. The normalized spacial score (nSPS) is 10.5. The van der Waals surface area contributed by atoms with Gasteiger partial charge in [0.15, 0.2) is 10.9 Å². The Labute approximate surface area is 206 Å². The van der Waals surface area contributed by atoms with Crippen LogP contribution in [0.15, 0.2) is 77.2 Å². The van der Waals surface area contributed by atoms with Crippen LogP contribution in [-0.2, 0) is 0 Å². The number of anilines is 2. The number of para-hydroxylation sites is 1. The quantitative estimate of drug-likeness (QED) is 0.291. The molecule has 172 valence electrons. The molecule has 2 amide bonds. The first-order valence-corrected chi connectivity index (χ1v) is 11.2. The standard InChI is InChI=1S/C25H20ClN3O4S/c1-2-32-21-12-7-16(13-19(21)26)23(30)29-25(34)28-18-10-8-17(9-11-18)27-24(31)22-14-15-5-3-4-6-20(15)33-22/h3-14H,2H2,1H3,(H,27,31)(H2,28,29,30,34). The Morgan fingerprint density at radius 2 is 1.65 bits per heavy atom. The number of rotatable bonds is 6. The molecule has 0 atom stereocenters. The van der Waals surface area contributed by atoms with Crippen molar-refractivity contribution in [1.29, 1.82) is 0 Å². The number of amides is 2. The van der Waals surface area contributed by atoms with Crippen molar-refractivity contribution in [3.05, 3.63) is 89.1 Å². The van der Waals surface area contributed by atoms with Gasteiger partial charge in [0.05, 0.1) is 11.6 Å². The van der Waals surface area contributed by atoms with Gasteiger partial charge < -0.3 is 19.8 Å². The van der Waals surface area contributed by atoms with Gasteiger partial charge in [0.2, 0.25) is 0 Å². The van der Waals surface area contributed by atoms with E-state index in [1.54, 1.807) is 48.5 Å². The minimum Gasteiger partial charge on any atom is -0.492 e. The SMILES string of the molecule is CCOc1ccc(C(=O)NC(=S)Nc2ccc(NC(=O)c3cc4ccccc4o3)cc2)cc1Cl. The maximum Gasteiger partial charge on any atom is 0.291 e. The Balaban J connectivity index is 1.33. The number of fused-ring (bicyclic) bond motifs is 1. The summed E-state index contributed by atoms with van der Waals surface area (Å²) in [6.45, 7) is 2.32. The maximum atomic E-state index is 12.5. The van der Waals surface area contributed by atoms with E-state index in [4.69, 9.17) is 33.0 Å². The highest BCUT2D eigenvalue weighted by molar-refractivity contribution is 7.80. The van der Waals surface area contributed by atoms with Crippen molar-refractivity contribution in [2.24, 2.45) is 0 Å². The lowest BCUT2D eigenvalue weighted by Gasteiger charge is -2.11. The molecule has 0 saturated heterocycles. The number of benzene rings is 3. The van der Waals surface area contributed by atoms with Crippen LogP contribution in [0, 0.1) is 0 Å². The average molecular weight is 494 g/mol. The van der Waals surface area contributed by atoms with E-state index in [9.17, 15) is 9.59 Å². The number of thiocarbonyl (C=S) groups is 1. The number of nitrogens with one attached hydrogen (secondary N) is 3. The molecule has 34 heavy (non-hydrogen) atoms. The van der Waals surface area contributed by atoms with Gasteiger partial charge in [-0.2, -0.15) is 0 Å². The van der Waals surface area contributed by atoms with E-state index in [1.807, 2.05) is 25.1 Å². The van der Waals surface area contributed by atoms with Gasteiger partial charge in [-0.05, 0) is 73.7 Å². The number of hydrogen-bond acceptors (Lipinski definition) is 5. The molecule has 3 aromatic carbocycles. The van der Waals surface area contributed by atoms with Gasteiger partial charge in [-0.15, -0.1) is 0 Å². The fourth-order valence-corrected chi connectivity index (χ4v) is 3.62. The summed E-state index contributed by atoms with van der Waals surface area (Å²) in [5.74, 6) is -0.0264. The second kappa shape index (κ2) is 10.4. The van der Waals surface area contributed by atoms with Crippen LogP contribution in [0.1, 0.15) is 27.8 Å². The summed E-state index contributed by atoms with van der Waals surface area (Å²) in [4.78, 5) is 24.9. The molecule has 0 saturated carbocycles. The molecular weight excluding hydrogens is 474 g/mol. The van der Waals surface area contributed by atoms with E-state index in [2.05, 4.69) is 16.0 Å². The fraction of sp³-hybridized carbons (Fsp3) is 0.0800. The number of carbonyl (C=O) groups excluding carboxylic acids is 2. The lowest BCUT2D eigenvalue weighted by atomic mass is 10.2. The third kappa shape index (κ3) is 5.54.